The molecule has 0 N–H and O–H groups in total. The molecule has 9 aromatic carbocycles. The maximum Gasteiger partial charge on any atom is 0.0542 e. The fourth-order valence-corrected chi connectivity index (χ4v) is 9.31. The van der Waals surface area contributed by atoms with E-state index in [1.807, 2.05) is 0 Å². The lowest BCUT2D eigenvalue weighted by Crippen LogP contribution is -2.09. The van der Waals surface area contributed by atoms with E-state index in [1.54, 1.807) is 0 Å². The quantitative estimate of drug-likeness (QED) is 0.166. The van der Waals surface area contributed by atoms with E-state index >= 15 is 0 Å². The van der Waals surface area contributed by atoms with Crippen LogP contribution >= 0.6 is 0 Å². The van der Waals surface area contributed by atoms with Crippen LogP contribution in [0.1, 0.15) is 0 Å². The number of para-hydroxylation sites is 6. The van der Waals surface area contributed by atoms with Crippen LogP contribution in [0.2, 0.25) is 0 Å². The van der Waals surface area contributed by atoms with Crippen molar-refractivity contribution in [3.05, 3.63) is 218 Å². The van der Waals surface area contributed by atoms with Gasteiger partial charge < -0.3 is 18.6 Å². The van der Waals surface area contributed by atoms with Crippen molar-refractivity contribution in [2.75, 3.05) is 4.90 Å². The maximum atomic E-state index is 2.43. The summed E-state index contributed by atoms with van der Waals surface area (Å²) in [6, 6.07) is 79.1. The second-order valence-electron chi connectivity index (χ2n) is 15.0. The molecule has 3 aromatic heterocycles. The highest BCUT2D eigenvalue weighted by atomic mass is 15.1. The highest BCUT2D eigenvalue weighted by Crippen LogP contribution is 2.41. The van der Waals surface area contributed by atoms with Crippen molar-refractivity contribution in [3.8, 4) is 17.1 Å². The Morgan fingerprint density at radius 2 is 0.517 bits per heavy atom. The standard InChI is InChI=1S/C54H36N4/c1-3-15-37(16-4-1)55(38-17-5-2-6-18-38)39-27-29-40(30-28-39)56-53-33-31-41(57-49-23-11-7-19-43(49)44-20-8-12-24-50(44)57)35-47(53)48-36-42(32-34-54(48)56)58-51-25-13-9-21-45(51)46-22-10-14-26-52(46)58/h1-36H. The monoisotopic (exact) mass is 740 g/mol. The first-order valence-corrected chi connectivity index (χ1v) is 19.9. The third-order valence-electron chi connectivity index (χ3n) is 11.8. The number of hydrogen-bond acceptors (Lipinski definition) is 1. The van der Waals surface area contributed by atoms with Crippen molar-refractivity contribution in [3.63, 3.8) is 0 Å². The van der Waals surface area contributed by atoms with Crippen LogP contribution < -0.4 is 4.90 Å². The van der Waals surface area contributed by atoms with E-state index in [-0.39, 0.29) is 0 Å². The Hall–Kier alpha value is -7.82. The minimum absolute atomic E-state index is 1.10. The average molecular weight is 741 g/mol. The average Bonchev–Trinajstić information content (AvgIpc) is 3.93. The number of aromatic nitrogens is 3. The predicted molar refractivity (Wildman–Crippen MR) is 244 cm³/mol. The molecule has 12 rings (SSSR count). The van der Waals surface area contributed by atoms with Crippen LogP contribution in [0.15, 0.2) is 218 Å². The lowest BCUT2D eigenvalue weighted by atomic mass is 10.1. The molecule has 0 aliphatic heterocycles. The summed E-state index contributed by atoms with van der Waals surface area (Å²) >= 11 is 0. The van der Waals surface area contributed by atoms with Gasteiger partial charge in [0.2, 0.25) is 0 Å². The van der Waals surface area contributed by atoms with Crippen LogP contribution in [0.25, 0.3) is 82.5 Å². The molecule has 58 heavy (non-hydrogen) atoms. The first-order chi connectivity index (χ1) is 28.8. The van der Waals surface area contributed by atoms with Crippen LogP contribution in [0.3, 0.4) is 0 Å². The van der Waals surface area contributed by atoms with E-state index in [0.29, 0.717) is 0 Å². The van der Waals surface area contributed by atoms with E-state index in [1.165, 1.54) is 54.4 Å². The van der Waals surface area contributed by atoms with Crippen molar-refractivity contribution >= 4 is 82.5 Å². The van der Waals surface area contributed by atoms with E-state index in [2.05, 4.69) is 237 Å². The highest BCUT2D eigenvalue weighted by Gasteiger charge is 2.19. The van der Waals surface area contributed by atoms with E-state index < -0.39 is 0 Å². The molecule has 272 valence electrons. The minimum atomic E-state index is 1.10. The zero-order valence-corrected chi connectivity index (χ0v) is 31.6. The molecule has 0 saturated carbocycles. The third kappa shape index (κ3) is 4.88. The van der Waals surface area contributed by atoms with Crippen molar-refractivity contribution in [1.82, 2.24) is 13.7 Å². The van der Waals surface area contributed by atoms with E-state index in [4.69, 9.17) is 0 Å². The Kier molecular flexibility index (Phi) is 7.20. The van der Waals surface area contributed by atoms with Gasteiger partial charge in [0.15, 0.2) is 0 Å². The summed E-state index contributed by atoms with van der Waals surface area (Å²) in [5.74, 6) is 0. The zero-order chi connectivity index (χ0) is 38.2. The van der Waals surface area contributed by atoms with Gasteiger partial charge in [-0.3, -0.25) is 0 Å². The molecule has 0 fully saturated rings. The summed E-state index contributed by atoms with van der Waals surface area (Å²) in [5.41, 5.74) is 13.9. The highest BCUT2D eigenvalue weighted by molar-refractivity contribution is 6.14. The van der Waals surface area contributed by atoms with Crippen LogP contribution in [0.4, 0.5) is 17.1 Å². The molecule has 0 radical (unpaired) electrons. The fourth-order valence-electron chi connectivity index (χ4n) is 9.31. The van der Waals surface area contributed by atoms with Crippen LogP contribution in [0.5, 0.6) is 0 Å². The van der Waals surface area contributed by atoms with Gasteiger partial charge in [-0.2, -0.15) is 0 Å². The molecule has 4 nitrogen and oxygen atoms in total. The largest absolute Gasteiger partial charge is 0.311 e. The fraction of sp³-hybridized carbons (Fsp3) is 0. The van der Waals surface area contributed by atoms with Gasteiger partial charge in [-0.25, -0.2) is 0 Å². The number of fused-ring (bicyclic) bond motifs is 9. The lowest BCUT2D eigenvalue weighted by Gasteiger charge is -2.25. The third-order valence-corrected chi connectivity index (χ3v) is 11.8. The van der Waals surface area contributed by atoms with E-state index in [9.17, 15) is 0 Å². The minimum Gasteiger partial charge on any atom is -0.311 e. The van der Waals surface area contributed by atoms with E-state index in [0.717, 1.165) is 45.2 Å². The van der Waals surface area contributed by atoms with Gasteiger partial charge in [-0.15, -0.1) is 0 Å². The Morgan fingerprint density at radius 3 is 0.914 bits per heavy atom. The van der Waals surface area contributed by atoms with Crippen LogP contribution in [-0.4, -0.2) is 13.7 Å². The lowest BCUT2D eigenvalue weighted by molar-refractivity contribution is 1.16. The number of anilines is 3. The van der Waals surface area contributed by atoms with Gasteiger partial charge in [0.1, 0.15) is 0 Å². The molecule has 0 spiro atoms. The number of nitrogens with zero attached hydrogens (tertiary/aromatic N) is 4. The topological polar surface area (TPSA) is 18.0 Å². The van der Waals surface area contributed by atoms with Crippen LogP contribution in [-0.2, 0) is 0 Å². The SMILES string of the molecule is c1ccc(N(c2ccccc2)c2ccc(-n3c4ccc(-n5c6ccccc6c6ccccc65)cc4c4cc(-n5c6ccccc6c6ccccc65)ccc43)cc2)cc1. The Labute approximate surface area is 335 Å². The summed E-state index contributed by atoms with van der Waals surface area (Å²) in [7, 11) is 0. The van der Waals surface area contributed by atoms with Gasteiger partial charge in [-0.05, 0) is 109 Å². The molecule has 4 heteroatoms. The molecule has 0 bridgehead atoms. The van der Waals surface area contributed by atoms with Crippen molar-refractivity contribution in [2.45, 2.75) is 0 Å². The van der Waals surface area contributed by atoms with Crippen molar-refractivity contribution in [2.24, 2.45) is 0 Å². The number of hydrogen-bond donors (Lipinski definition) is 0. The predicted octanol–water partition coefficient (Wildman–Crippen LogP) is 14.4. The normalized spacial score (nSPS) is 11.8. The maximum absolute atomic E-state index is 2.43. The first kappa shape index (κ1) is 32.4. The van der Waals surface area contributed by atoms with Gasteiger partial charge >= 0.3 is 0 Å². The molecule has 0 aliphatic carbocycles. The van der Waals surface area contributed by atoms with Crippen molar-refractivity contribution < 1.29 is 0 Å². The second-order valence-corrected chi connectivity index (χ2v) is 15.0. The van der Waals surface area contributed by atoms with Gasteiger partial charge in [0.25, 0.3) is 0 Å². The van der Waals surface area contributed by atoms with Crippen molar-refractivity contribution in [1.29, 1.82) is 0 Å². The second kappa shape index (κ2) is 12.9. The summed E-state index contributed by atoms with van der Waals surface area (Å²) in [6.45, 7) is 0. The molecule has 0 aliphatic rings. The molecule has 0 amide bonds. The molecular weight excluding hydrogens is 705 g/mol. The Balaban J connectivity index is 1.10. The number of benzene rings is 9. The Morgan fingerprint density at radius 1 is 0.224 bits per heavy atom. The summed E-state index contributed by atoms with van der Waals surface area (Å²) < 4.78 is 7.26. The van der Waals surface area contributed by atoms with Crippen LogP contribution in [0, 0.1) is 0 Å². The summed E-state index contributed by atoms with van der Waals surface area (Å²) in [5, 5.41) is 7.44. The molecule has 0 unspecified atom stereocenters. The molecule has 0 atom stereocenters. The van der Waals surface area contributed by atoms with Gasteiger partial charge in [0, 0.05) is 66.4 Å². The summed E-state index contributed by atoms with van der Waals surface area (Å²) in [6.07, 6.45) is 0. The molecular formula is C54H36N4. The molecule has 0 saturated heterocycles. The van der Waals surface area contributed by atoms with Gasteiger partial charge in [0.05, 0.1) is 33.1 Å². The zero-order valence-electron chi connectivity index (χ0n) is 31.6. The Bertz CT molecular complexity index is 3180. The molecule has 3 heterocycles. The first-order valence-electron chi connectivity index (χ1n) is 19.9. The smallest absolute Gasteiger partial charge is 0.0542 e. The molecule has 12 aromatic rings. The van der Waals surface area contributed by atoms with Gasteiger partial charge in [-0.1, -0.05) is 109 Å². The summed E-state index contributed by atoms with van der Waals surface area (Å²) in [4.78, 5) is 2.31. The number of rotatable bonds is 6.